The first-order chi connectivity index (χ1) is 15.2. The van der Waals surface area contributed by atoms with Crippen LogP contribution >= 0.6 is 11.3 Å². The lowest BCUT2D eigenvalue weighted by molar-refractivity contribution is -0.117. The monoisotopic (exact) mass is 454 g/mol. The van der Waals surface area contributed by atoms with E-state index >= 15 is 0 Å². The molecule has 1 aromatic heterocycles. The third-order valence-corrected chi connectivity index (χ3v) is 7.96. The van der Waals surface area contributed by atoms with Crippen LogP contribution in [0.1, 0.15) is 43.2 Å². The minimum atomic E-state index is -0.232. The van der Waals surface area contributed by atoms with Crippen molar-refractivity contribution in [3.8, 4) is 6.07 Å². The average molecular weight is 455 g/mol. The van der Waals surface area contributed by atoms with Gasteiger partial charge in [0.2, 0.25) is 5.91 Å². The maximum atomic E-state index is 13.1. The van der Waals surface area contributed by atoms with Crippen molar-refractivity contribution in [2.75, 3.05) is 42.9 Å². The predicted molar refractivity (Wildman–Crippen MR) is 128 cm³/mol. The Morgan fingerprint density at radius 1 is 1.22 bits per heavy atom. The fraction of sp³-hybridized carbons (Fsp3) is 0.520. The molecule has 1 N–H and O–H groups in total. The van der Waals surface area contributed by atoms with Crippen LogP contribution in [0, 0.1) is 28.5 Å². The van der Waals surface area contributed by atoms with Crippen molar-refractivity contribution in [1.82, 2.24) is 4.90 Å². The van der Waals surface area contributed by atoms with E-state index in [-0.39, 0.29) is 17.1 Å². The van der Waals surface area contributed by atoms with Crippen molar-refractivity contribution in [2.24, 2.45) is 11.3 Å². The van der Waals surface area contributed by atoms with Gasteiger partial charge in [-0.25, -0.2) is 4.39 Å². The number of piperazine rings is 1. The predicted octanol–water partition coefficient (Wildman–Crippen LogP) is 4.67. The number of rotatable bonds is 4. The maximum Gasteiger partial charge on any atom is 0.239 e. The molecule has 0 bridgehead atoms. The van der Waals surface area contributed by atoms with Crippen molar-refractivity contribution < 1.29 is 9.18 Å². The molecule has 0 radical (unpaired) electrons. The Labute approximate surface area is 193 Å². The molecule has 1 amide bonds. The molecule has 1 unspecified atom stereocenters. The quantitative estimate of drug-likeness (QED) is 0.729. The minimum absolute atomic E-state index is 0.0669. The molecule has 32 heavy (non-hydrogen) atoms. The van der Waals surface area contributed by atoms with Gasteiger partial charge >= 0.3 is 0 Å². The number of hydrogen-bond donors (Lipinski definition) is 1. The van der Waals surface area contributed by atoms with Crippen LogP contribution in [-0.4, -0.2) is 43.5 Å². The smallest absolute Gasteiger partial charge is 0.239 e. The lowest BCUT2D eigenvalue weighted by Crippen LogP contribution is -2.48. The summed E-state index contributed by atoms with van der Waals surface area (Å²) in [6.07, 6.45) is 2.99. The summed E-state index contributed by atoms with van der Waals surface area (Å²) in [5.41, 5.74) is 3.05. The zero-order chi connectivity index (χ0) is 22.9. The molecule has 1 atom stereocenters. The van der Waals surface area contributed by atoms with Crippen molar-refractivity contribution in [3.63, 3.8) is 0 Å². The molecular weight excluding hydrogens is 423 g/mol. The Morgan fingerprint density at radius 3 is 2.53 bits per heavy atom. The molecule has 1 aromatic carbocycles. The molecule has 2 aromatic rings. The van der Waals surface area contributed by atoms with E-state index in [0.717, 1.165) is 56.7 Å². The van der Waals surface area contributed by atoms with Crippen LogP contribution in [0.3, 0.4) is 0 Å². The molecule has 2 aliphatic rings. The molecule has 2 heterocycles. The number of hydrogen-bond acceptors (Lipinski definition) is 5. The summed E-state index contributed by atoms with van der Waals surface area (Å²) in [5.74, 6) is 0.300. The molecule has 1 fully saturated rings. The number of carbonyl (C=O) groups excluding carboxylic acids is 1. The van der Waals surface area contributed by atoms with E-state index in [4.69, 9.17) is 0 Å². The van der Waals surface area contributed by atoms with Gasteiger partial charge in [-0.15, -0.1) is 11.3 Å². The maximum absolute atomic E-state index is 13.1. The zero-order valence-corrected chi connectivity index (χ0v) is 19.9. The first-order valence-corrected chi connectivity index (χ1v) is 12.1. The van der Waals surface area contributed by atoms with E-state index in [2.05, 4.69) is 42.0 Å². The minimum Gasteiger partial charge on any atom is -0.369 e. The van der Waals surface area contributed by atoms with E-state index in [9.17, 15) is 14.4 Å². The largest absolute Gasteiger partial charge is 0.369 e. The number of benzene rings is 1. The molecule has 0 spiro atoms. The summed E-state index contributed by atoms with van der Waals surface area (Å²) >= 11 is 1.58. The van der Waals surface area contributed by atoms with E-state index in [0.29, 0.717) is 23.0 Å². The Morgan fingerprint density at radius 2 is 1.91 bits per heavy atom. The highest BCUT2D eigenvalue weighted by Gasteiger charge is 2.32. The Bertz CT molecular complexity index is 1010. The normalized spacial score (nSPS) is 19.3. The number of nitrogens with zero attached hydrogens (tertiary/aromatic N) is 3. The van der Waals surface area contributed by atoms with Crippen molar-refractivity contribution in [2.45, 2.75) is 40.0 Å². The summed E-state index contributed by atoms with van der Waals surface area (Å²) in [6.45, 7) is 10.3. The summed E-state index contributed by atoms with van der Waals surface area (Å²) < 4.78 is 13.1. The number of nitrogens with one attached hydrogen (secondary N) is 1. The van der Waals surface area contributed by atoms with Gasteiger partial charge in [-0.05, 0) is 60.4 Å². The second-order valence-corrected chi connectivity index (χ2v) is 11.0. The van der Waals surface area contributed by atoms with Crippen LogP contribution in [0.15, 0.2) is 24.3 Å². The molecule has 1 aliphatic carbocycles. The van der Waals surface area contributed by atoms with Crippen molar-refractivity contribution in [3.05, 3.63) is 46.1 Å². The zero-order valence-electron chi connectivity index (χ0n) is 19.1. The first-order valence-electron chi connectivity index (χ1n) is 11.3. The average Bonchev–Trinajstić information content (AvgIpc) is 3.10. The number of fused-ring (bicyclic) bond motifs is 1. The highest BCUT2D eigenvalue weighted by Crippen LogP contribution is 2.44. The molecular formula is C25H31FN4OS. The standard InChI is InChI=1S/C25H31FN4OS/c1-25(2,3)17-4-9-20-21(15-27)24(32-22(20)14-17)28-23(31)16-29-10-12-30(13-11-29)19-7-5-18(26)6-8-19/h5-8,17H,4,9-14,16H2,1-3H3,(H,28,31). The second-order valence-electron chi connectivity index (χ2n) is 9.91. The lowest BCUT2D eigenvalue weighted by Gasteiger charge is -2.35. The van der Waals surface area contributed by atoms with Crippen molar-refractivity contribution in [1.29, 1.82) is 5.26 Å². The first kappa shape index (κ1) is 22.8. The van der Waals surface area contributed by atoms with E-state index < -0.39 is 0 Å². The van der Waals surface area contributed by atoms with Gasteiger partial charge in [0.1, 0.15) is 16.9 Å². The van der Waals surface area contributed by atoms with E-state index in [1.54, 1.807) is 23.5 Å². The molecule has 0 saturated carbocycles. The molecule has 1 saturated heterocycles. The highest BCUT2D eigenvalue weighted by atomic mass is 32.1. The van der Waals surface area contributed by atoms with E-state index in [1.807, 2.05) is 0 Å². The summed E-state index contributed by atoms with van der Waals surface area (Å²) in [6, 6.07) is 8.89. The van der Waals surface area contributed by atoms with Gasteiger partial charge in [-0.2, -0.15) is 5.26 Å². The SMILES string of the molecule is CC(C)(C)C1CCc2c(sc(NC(=O)CN3CCN(c4ccc(F)cc4)CC3)c2C#N)C1. The number of carbonyl (C=O) groups is 1. The third-order valence-electron chi connectivity index (χ3n) is 6.79. The summed E-state index contributed by atoms with van der Waals surface area (Å²) in [7, 11) is 0. The number of halogens is 1. The fourth-order valence-corrected chi connectivity index (χ4v) is 6.01. The highest BCUT2D eigenvalue weighted by molar-refractivity contribution is 7.16. The van der Waals surface area contributed by atoms with Gasteiger partial charge in [0.25, 0.3) is 0 Å². The Hall–Kier alpha value is -2.43. The fourth-order valence-electron chi connectivity index (χ4n) is 4.72. The topological polar surface area (TPSA) is 59.4 Å². The van der Waals surface area contributed by atoms with Gasteiger partial charge in [-0.1, -0.05) is 20.8 Å². The second kappa shape index (κ2) is 9.21. The van der Waals surface area contributed by atoms with Crippen LogP contribution < -0.4 is 10.2 Å². The van der Waals surface area contributed by atoms with Crippen LogP contribution in [-0.2, 0) is 17.6 Å². The van der Waals surface area contributed by atoms with Gasteiger partial charge in [0, 0.05) is 36.7 Å². The number of amides is 1. The van der Waals surface area contributed by atoms with Crippen LogP contribution in [0.4, 0.5) is 15.1 Å². The summed E-state index contributed by atoms with van der Waals surface area (Å²) in [4.78, 5) is 18.4. The van der Waals surface area contributed by atoms with Gasteiger partial charge in [0.05, 0.1) is 12.1 Å². The van der Waals surface area contributed by atoms with Crippen molar-refractivity contribution >= 4 is 27.9 Å². The molecule has 4 rings (SSSR count). The van der Waals surface area contributed by atoms with Gasteiger partial charge < -0.3 is 10.2 Å². The van der Waals surface area contributed by atoms with Gasteiger partial charge in [-0.3, -0.25) is 9.69 Å². The molecule has 5 nitrogen and oxygen atoms in total. The Balaban J connectivity index is 1.34. The van der Waals surface area contributed by atoms with E-state index in [1.165, 1.54) is 17.0 Å². The lowest BCUT2D eigenvalue weighted by atomic mass is 9.72. The van der Waals surface area contributed by atoms with Crippen LogP contribution in [0.25, 0.3) is 0 Å². The van der Waals surface area contributed by atoms with Gasteiger partial charge in [0.15, 0.2) is 0 Å². The van der Waals surface area contributed by atoms with Crippen LogP contribution in [0.2, 0.25) is 0 Å². The number of thiophene rings is 1. The molecule has 170 valence electrons. The molecule has 1 aliphatic heterocycles. The number of anilines is 2. The molecule has 7 heteroatoms. The number of nitriles is 1. The summed E-state index contributed by atoms with van der Waals surface area (Å²) in [5, 5.41) is 13.5. The third kappa shape index (κ3) is 4.97. The Kier molecular flexibility index (Phi) is 6.55. The van der Waals surface area contributed by atoms with Crippen LogP contribution in [0.5, 0.6) is 0 Å².